The molecule has 0 amide bonds. The molecular formula is C15H24BrN. The molecule has 17 heavy (non-hydrogen) atoms. The highest BCUT2D eigenvalue weighted by atomic mass is 79.9. The van der Waals surface area contributed by atoms with E-state index in [4.69, 9.17) is 0 Å². The molecule has 0 saturated carbocycles. The Labute approximate surface area is 114 Å². The van der Waals surface area contributed by atoms with Crippen molar-refractivity contribution in [1.29, 1.82) is 0 Å². The van der Waals surface area contributed by atoms with Crippen LogP contribution < -0.4 is 5.32 Å². The maximum absolute atomic E-state index is 3.61. The molecule has 1 aromatic rings. The zero-order valence-electron chi connectivity index (χ0n) is 11.3. The fourth-order valence-corrected chi connectivity index (χ4v) is 2.83. The summed E-state index contributed by atoms with van der Waals surface area (Å²) in [4.78, 5) is 0. The summed E-state index contributed by atoms with van der Waals surface area (Å²) >= 11 is 3.60. The first-order valence-electron chi connectivity index (χ1n) is 6.48. The minimum atomic E-state index is 0.403. The van der Waals surface area contributed by atoms with E-state index in [1.165, 1.54) is 16.5 Å². The number of halogens is 1. The minimum absolute atomic E-state index is 0.403. The topological polar surface area (TPSA) is 12.0 Å². The third-order valence-electron chi connectivity index (χ3n) is 3.02. The molecule has 2 atom stereocenters. The minimum Gasteiger partial charge on any atom is -0.310 e. The summed E-state index contributed by atoms with van der Waals surface area (Å²) < 4.78 is 1.19. The van der Waals surface area contributed by atoms with Gasteiger partial charge >= 0.3 is 0 Å². The van der Waals surface area contributed by atoms with Gasteiger partial charge in [-0.05, 0) is 43.4 Å². The molecule has 1 nitrogen and oxygen atoms in total. The highest BCUT2D eigenvalue weighted by Crippen LogP contribution is 2.23. The number of hydrogen-bond acceptors (Lipinski definition) is 1. The van der Waals surface area contributed by atoms with Crippen LogP contribution in [0.3, 0.4) is 0 Å². The molecule has 0 aliphatic rings. The molecule has 2 heteroatoms. The maximum Gasteiger partial charge on any atom is 0.0303 e. The largest absolute Gasteiger partial charge is 0.310 e. The van der Waals surface area contributed by atoms with Crippen LogP contribution in [-0.4, -0.2) is 6.54 Å². The first-order chi connectivity index (χ1) is 8.00. The molecule has 0 heterocycles. The van der Waals surface area contributed by atoms with Crippen LogP contribution >= 0.6 is 15.9 Å². The predicted molar refractivity (Wildman–Crippen MR) is 79.2 cm³/mol. The second kappa shape index (κ2) is 7.17. The van der Waals surface area contributed by atoms with E-state index >= 15 is 0 Å². The molecule has 0 saturated heterocycles. The van der Waals surface area contributed by atoms with Gasteiger partial charge in [-0.25, -0.2) is 0 Å². The molecule has 2 unspecified atom stereocenters. The van der Waals surface area contributed by atoms with Crippen molar-refractivity contribution in [3.05, 3.63) is 34.3 Å². The van der Waals surface area contributed by atoms with Gasteiger partial charge in [0.25, 0.3) is 0 Å². The number of nitrogens with one attached hydrogen (secondary N) is 1. The van der Waals surface area contributed by atoms with Crippen LogP contribution in [-0.2, 0) is 0 Å². The zero-order valence-corrected chi connectivity index (χ0v) is 12.9. The molecule has 0 bridgehead atoms. The van der Waals surface area contributed by atoms with Crippen LogP contribution in [0.1, 0.15) is 45.7 Å². The van der Waals surface area contributed by atoms with Gasteiger partial charge in [-0.15, -0.1) is 0 Å². The predicted octanol–water partition coefficient (Wildman–Crippen LogP) is 4.78. The van der Waals surface area contributed by atoms with Gasteiger partial charge in [-0.2, -0.15) is 0 Å². The van der Waals surface area contributed by atoms with Crippen LogP contribution in [0.25, 0.3) is 0 Å². The second-order valence-corrected chi connectivity index (χ2v) is 6.24. The molecule has 1 N–H and O–H groups in total. The average molecular weight is 298 g/mol. The highest BCUT2D eigenvalue weighted by molar-refractivity contribution is 9.10. The third-order valence-corrected chi connectivity index (χ3v) is 3.74. The number of rotatable bonds is 6. The lowest BCUT2D eigenvalue weighted by Crippen LogP contribution is -2.25. The van der Waals surface area contributed by atoms with Crippen LogP contribution in [0.5, 0.6) is 0 Å². The van der Waals surface area contributed by atoms with Crippen LogP contribution in [0.2, 0.25) is 0 Å². The highest BCUT2D eigenvalue weighted by Gasteiger charge is 2.10. The Bertz CT molecular complexity index is 335. The van der Waals surface area contributed by atoms with E-state index in [0.717, 1.165) is 18.4 Å². The van der Waals surface area contributed by atoms with Gasteiger partial charge in [-0.3, -0.25) is 0 Å². The van der Waals surface area contributed by atoms with Gasteiger partial charge in [0.1, 0.15) is 0 Å². The molecule has 0 aliphatic heterocycles. The lowest BCUT2D eigenvalue weighted by molar-refractivity contribution is 0.396. The summed E-state index contributed by atoms with van der Waals surface area (Å²) in [6, 6.07) is 8.83. The van der Waals surface area contributed by atoms with E-state index in [1.54, 1.807) is 0 Å². The Hall–Kier alpha value is -0.340. The summed E-state index contributed by atoms with van der Waals surface area (Å²) in [5, 5.41) is 3.61. The Morgan fingerprint density at radius 3 is 2.35 bits per heavy atom. The van der Waals surface area contributed by atoms with Gasteiger partial charge in [0.05, 0.1) is 0 Å². The third kappa shape index (κ3) is 5.22. The molecule has 96 valence electrons. The number of hydrogen-bond donors (Lipinski definition) is 1. The van der Waals surface area contributed by atoms with Crippen LogP contribution in [0, 0.1) is 11.8 Å². The normalized spacial score (nSPS) is 14.9. The monoisotopic (exact) mass is 297 g/mol. The smallest absolute Gasteiger partial charge is 0.0303 e. The standard InChI is InChI=1S/C15H24BrN/c1-11(2)9-12(3)10-17-13(4)14-7-5-6-8-15(14)16/h5-8,11-13,17H,9-10H2,1-4H3. The van der Waals surface area contributed by atoms with Crippen molar-refractivity contribution >= 4 is 15.9 Å². The van der Waals surface area contributed by atoms with Gasteiger partial charge in [0.2, 0.25) is 0 Å². The lowest BCUT2D eigenvalue weighted by Gasteiger charge is -2.20. The molecule has 1 rings (SSSR count). The molecular weight excluding hydrogens is 274 g/mol. The fourth-order valence-electron chi connectivity index (χ4n) is 2.20. The van der Waals surface area contributed by atoms with Crippen LogP contribution in [0.4, 0.5) is 0 Å². The van der Waals surface area contributed by atoms with E-state index < -0.39 is 0 Å². The van der Waals surface area contributed by atoms with Crippen molar-refractivity contribution in [3.63, 3.8) is 0 Å². The summed E-state index contributed by atoms with van der Waals surface area (Å²) in [6.07, 6.45) is 1.29. The summed E-state index contributed by atoms with van der Waals surface area (Å²) in [6.45, 7) is 10.2. The lowest BCUT2D eigenvalue weighted by atomic mass is 9.98. The molecule has 1 aromatic carbocycles. The van der Waals surface area contributed by atoms with Crippen molar-refractivity contribution in [2.24, 2.45) is 11.8 Å². The molecule has 0 fully saturated rings. The van der Waals surface area contributed by atoms with Gasteiger partial charge < -0.3 is 5.32 Å². The van der Waals surface area contributed by atoms with Crippen molar-refractivity contribution < 1.29 is 0 Å². The SMILES string of the molecule is CC(C)CC(C)CNC(C)c1ccccc1Br. The molecule has 0 spiro atoms. The summed E-state index contributed by atoms with van der Waals surface area (Å²) in [5.41, 5.74) is 1.34. The summed E-state index contributed by atoms with van der Waals surface area (Å²) in [5.74, 6) is 1.52. The van der Waals surface area contributed by atoms with Gasteiger partial charge in [0, 0.05) is 10.5 Å². The molecule has 0 aromatic heterocycles. The Morgan fingerprint density at radius 1 is 1.12 bits per heavy atom. The Morgan fingerprint density at radius 2 is 1.76 bits per heavy atom. The second-order valence-electron chi connectivity index (χ2n) is 5.39. The fraction of sp³-hybridized carbons (Fsp3) is 0.600. The Balaban J connectivity index is 2.45. The van der Waals surface area contributed by atoms with E-state index in [0.29, 0.717) is 6.04 Å². The van der Waals surface area contributed by atoms with E-state index in [1.807, 2.05) is 0 Å². The molecule has 0 aliphatic carbocycles. The van der Waals surface area contributed by atoms with Crippen molar-refractivity contribution in [3.8, 4) is 0 Å². The van der Waals surface area contributed by atoms with Crippen molar-refractivity contribution in [2.75, 3.05) is 6.54 Å². The van der Waals surface area contributed by atoms with E-state index in [9.17, 15) is 0 Å². The first kappa shape index (κ1) is 14.7. The molecule has 0 radical (unpaired) electrons. The quantitative estimate of drug-likeness (QED) is 0.797. The average Bonchev–Trinajstić information content (AvgIpc) is 2.25. The van der Waals surface area contributed by atoms with Gasteiger partial charge in [0.15, 0.2) is 0 Å². The maximum atomic E-state index is 3.61. The van der Waals surface area contributed by atoms with E-state index in [-0.39, 0.29) is 0 Å². The number of benzene rings is 1. The Kier molecular flexibility index (Phi) is 6.21. The van der Waals surface area contributed by atoms with Gasteiger partial charge in [-0.1, -0.05) is 54.9 Å². The van der Waals surface area contributed by atoms with E-state index in [2.05, 4.69) is 73.2 Å². The zero-order chi connectivity index (χ0) is 12.8. The van der Waals surface area contributed by atoms with Crippen LogP contribution in [0.15, 0.2) is 28.7 Å². The summed E-state index contributed by atoms with van der Waals surface area (Å²) in [7, 11) is 0. The van der Waals surface area contributed by atoms with Crippen molar-refractivity contribution in [1.82, 2.24) is 5.32 Å². The first-order valence-corrected chi connectivity index (χ1v) is 7.27. The van der Waals surface area contributed by atoms with Crippen molar-refractivity contribution in [2.45, 2.75) is 40.2 Å².